The van der Waals surface area contributed by atoms with E-state index < -0.39 is 48.8 Å². The number of carbonyl (C=O) groups excluding carboxylic acids is 5. The van der Waals surface area contributed by atoms with Crippen molar-refractivity contribution in [3.8, 4) is 22.4 Å². The van der Waals surface area contributed by atoms with Crippen LogP contribution in [-0.4, -0.2) is 131 Å². The number of hydrogen-bond acceptors (Lipinski definition) is 10. The Morgan fingerprint density at radius 1 is 1.01 bits per heavy atom. The van der Waals surface area contributed by atoms with Gasteiger partial charge in [0.25, 0.3) is 6.47 Å². The van der Waals surface area contributed by atoms with Gasteiger partial charge in [-0.05, 0) is 85.9 Å². The fourth-order valence-electron chi connectivity index (χ4n) is 9.11. The van der Waals surface area contributed by atoms with Crippen molar-refractivity contribution >= 4 is 41.4 Å². The number of carbonyl (C=O) groups is 5. The van der Waals surface area contributed by atoms with E-state index in [4.69, 9.17) is 9.47 Å². The predicted octanol–water partition coefficient (Wildman–Crippen LogP) is 7.07. The van der Waals surface area contributed by atoms with Gasteiger partial charge in [0.2, 0.25) is 17.7 Å². The standard InChI is InChI=1S/C44H53F3N6O7.C5H12N2.C2H6/c1-9-38(56)52-16-15-32(22-52)43(58)50(6)39(26(2)3)42(57)49-33(23-54)19-29-11-10-12-30(18-29)31-13-14-37-34(20-31)35(17-27(4)60-25-55)41(53(37)24-44(45,46)47)36-21-48-51(7)40(36)28(5)59-8;1-7-5-3-2-4-6-7;1-2/h9-14,18,20-21,23,25-28,32-33,39H,1,15-17,19,22,24H2,2-8H3,(H,49,57);6H,2-5H2,1H3;1-2H3. The lowest BCUT2D eigenvalue weighted by molar-refractivity contribution is -0.144. The average Bonchev–Trinajstić information content (AvgIpc) is 4.04. The van der Waals surface area contributed by atoms with Crippen molar-refractivity contribution < 1.29 is 46.6 Å². The number of aryl methyl sites for hydroxylation is 1. The van der Waals surface area contributed by atoms with Crippen LogP contribution in [-0.2, 0) is 59.9 Å². The Balaban J connectivity index is 0.00000104. The highest BCUT2D eigenvalue weighted by Crippen LogP contribution is 2.41. The van der Waals surface area contributed by atoms with E-state index >= 15 is 0 Å². The first kappa shape index (κ1) is 55.7. The smallest absolute Gasteiger partial charge is 0.406 e. The van der Waals surface area contributed by atoms with E-state index in [9.17, 15) is 37.1 Å². The first-order valence-corrected chi connectivity index (χ1v) is 23.7. The summed E-state index contributed by atoms with van der Waals surface area (Å²) in [5, 5.41) is 9.86. The number of hydrogen-bond donors (Lipinski definition) is 2. The number of benzene rings is 2. The summed E-state index contributed by atoms with van der Waals surface area (Å²) in [6.45, 7) is 16.6. The molecule has 0 spiro atoms. The Bertz CT molecular complexity index is 2370. The first-order valence-electron chi connectivity index (χ1n) is 23.7. The molecule has 69 heavy (non-hydrogen) atoms. The highest BCUT2D eigenvalue weighted by molar-refractivity contribution is 5.95. The third-order valence-corrected chi connectivity index (χ3v) is 12.5. The Hall–Kier alpha value is -5.85. The summed E-state index contributed by atoms with van der Waals surface area (Å²) in [5.74, 6) is -1.78. The number of alkyl halides is 3. The molecule has 5 atom stereocenters. The molecule has 378 valence electrons. The molecule has 3 amide bonds. The third kappa shape index (κ3) is 14.4. The van der Waals surface area contributed by atoms with Crippen LogP contribution in [0.1, 0.15) is 83.7 Å². The van der Waals surface area contributed by atoms with Crippen LogP contribution < -0.4 is 10.7 Å². The summed E-state index contributed by atoms with van der Waals surface area (Å²) >= 11 is 0. The van der Waals surface area contributed by atoms with Crippen LogP contribution in [0.4, 0.5) is 13.2 Å². The summed E-state index contributed by atoms with van der Waals surface area (Å²) in [4.78, 5) is 66.0. The van der Waals surface area contributed by atoms with Gasteiger partial charge in [-0.1, -0.05) is 64.6 Å². The van der Waals surface area contributed by atoms with E-state index in [1.165, 1.54) is 48.2 Å². The maximum atomic E-state index is 14.3. The van der Waals surface area contributed by atoms with E-state index in [2.05, 4.69) is 34.5 Å². The lowest BCUT2D eigenvalue weighted by Gasteiger charge is -2.32. The normalized spacial score (nSPS) is 16.8. The van der Waals surface area contributed by atoms with Crippen LogP contribution in [0.2, 0.25) is 0 Å². The number of rotatable bonds is 18. The molecule has 2 aromatic carbocycles. The second-order valence-electron chi connectivity index (χ2n) is 17.8. The molecule has 4 heterocycles. The molecule has 2 saturated heterocycles. The molecular formula is C51H71F3N8O7. The summed E-state index contributed by atoms with van der Waals surface area (Å²) < 4.78 is 56.6. The van der Waals surface area contributed by atoms with Gasteiger partial charge in [-0.3, -0.25) is 29.3 Å². The molecule has 5 unspecified atom stereocenters. The Kier molecular flexibility index (Phi) is 20.7. The molecule has 0 aliphatic carbocycles. The molecule has 4 aromatic rings. The molecule has 2 aromatic heterocycles. The maximum Gasteiger partial charge on any atom is 0.406 e. The van der Waals surface area contributed by atoms with Crippen LogP contribution in [0.25, 0.3) is 33.3 Å². The van der Waals surface area contributed by atoms with Gasteiger partial charge in [0.05, 0.1) is 35.6 Å². The summed E-state index contributed by atoms with van der Waals surface area (Å²) in [5.41, 5.74) is 7.45. The van der Waals surface area contributed by atoms with Crippen LogP contribution in [0.3, 0.4) is 0 Å². The fourth-order valence-corrected chi connectivity index (χ4v) is 9.11. The molecule has 0 radical (unpaired) electrons. The summed E-state index contributed by atoms with van der Waals surface area (Å²) in [6.07, 6.45) is 0.959. The first-order chi connectivity index (χ1) is 32.8. The maximum absolute atomic E-state index is 14.3. The highest BCUT2D eigenvalue weighted by Gasteiger charge is 2.38. The summed E-state index contributed by atoms with van der Waals surface area (Å²) in [7, 11) is 6.83. The Morgan fingerprint density at radius 3 is 2.30 bits per heavy atom. The largest absolute Gasteiger partial charge is 0.465 e. The minimum atomic E-state index is -4.58. The zero-order valence-corrected chi connectivity index (χ0v) is 41.8. The Morgan fingerprint density at radius 2 is 1.72 bits per heavy atom. The zero-order valence-electron chi connectivity index (χ0n) is 41.8. The van der Waals surface area contributed by atoms with Crippen molar-refractivity contribution in [2.45, 2.75) is 111 Å². The average molecular weight is 965 g/mol. The monoisotopic (exact) mass is 965 g/mol. The molecular weight excluding hydrogens is 894 g/mol. The van der Waals surface area contributed by atoms with Crippen molar-refractivity contribution in [2.24, 2.45) is 18.9 Å². The zero-order chi connectivity index (χ0) is 51.2. The van der Waals surface area contributed by atoms with Gasteiger partial charge in [-0.25, -0.2) is 5.01 Å². The molecule has 0 bridgehead atoms. The number of nitrogens with zero attached hydrogens (tertiary/aromatic N) is 6. The number of aldehydes is 1. The number of halogens is 3. The molecule has 15 nitrogen and oxygen atoms in total. The second kappa shape index (κ2) is 25.7. The summed E-state index contributed by atoms with van der Waals surface area (Å²) in [6, 6.07) is 10.6. The topological polar surface area (TPSA) is 160 Å². The van der Waals surface area contributed by atoms with Crippen LogP contribution >= 0.6 is 0 Å². The number of fused-ring (bicyclic) bond motifs is 1. The SMILES string of the molecule is C=CC(=O)N1CCC(C(=O)N(C)C(C(=O)NC(C=O)Cc2cccc(-c3ccc4c(c3)c(CC(C)OC=O)c(-c3cnn(C)c3C(C)OC)n4CC(F)(F)F)c2)C(C)C)C1.CC.CN1CCCCN1. The van der Waals surface area contributed by atoms with Crippen molar-refractivity contribution in [3.05, 3.63) is 78.1 Å². The number of ether oxygens (including phenoxy) is 2. The van der Waals surface area contributed by atoms with Gasteiger partial charge in [-0.2, -0.15) is 18.3 Å². The van der Waals surface area contributed by atoms with Crippen molar-refractivity contribution in [2.75, 3.05) is 47.4 Å². The molecule has 2 N–H and O–H groups in total. The number of methoxy groups -OCH3 is 1. The van der Waals surface area contributed by atoms with E-state index in [-0.39, 0.29) is 42.8 Å². The lowest BCUT2D eigenvalue weighted by atomic mass is 9.95. The molecule has 2 aliphatic heterocycles. The van der Waals surface area contributed by atoms with E-state index in [1.54, 1.807) is 67.9 Å². The minimum absolute atomic E-state index is 0.0988. The van der Waals surface area contributed by atoms with E-state index in [0.717, 1.165) is 6.54 Å². The van der Waals surface area contributed by atoms with Crippen molar-refractivity contribution in [1.29, 1.82) is 0 Å². The number of likely N-dealkylation sites (tertiary alicyclic amines) is 1. The number of amides is 3. The van der Waals surface area contributed by atoms with Crippen molar-refractivity contribution in [3.63, 3.8) is 0 Å². The van der Waals surface area contributed by atoms with E-state index in [0.29, 0.717) is 70.1 Å². The number of likely N-dealkylation sites (N-methyl/N-ethyl adjacent to an activating group) is 1. The number of hydrazine groups is 1. The number of nitrogens with one attached hydrogen (secondary N) is 2. The fraction of sp³-hybridized carbons (Fsp3) is 0.529. The molecule has 2 fully saturated rings. The minimum Gasteiger partial charge on any atom is -0.465 e. The van der Waals surface area contributed by atoms with Crippen molar-refractivity contribution in [1.82, 2.24) is 39.9 Å². The lowest BCUT2D eigenvalue weighted by Crippen LogP contribution is -2.54. The van der Waals surface area contributed by atoms with E-state index in [1.807, 2.05) is 39.8 Å². The molecule has 0 saturated carbocycles. The molecule has 18 heteroatoms. The van der Waals surface area contributed by atoms with Gasteiger partial charge in [0.1, 0.15) is 25.0 Å². The Labute approximate surface area is 404 Å². The van der Waals surface area contributed by atoms with Gasteiger partial charge >= 0.3 is 6.18 Å². The van der Waals surface area contributed by atoms with Crippen LogP contribution in [0.15, 0.2) is 61.3 Å². The predicted molar refractivity (Wildman–Crippen MR) is 261 cm³/mol. The van der Waals surface area contributed by atoms with Gasteiger partial charge in [-0.15, -0.1) is 0 Å². The molecule has 6 rings (SSSR count). The van der Waals surface area contributed by atoms with Crippen LogP contribution in [0.5, 0.6) is 0 Å². The molecule has 2 aliphatic rings. The number of aromatic nitrogens is 3. The van der Waals surface area contributed by atoms with Gasteiger partial charge in [0, 0.05) is 77.3 Å². The van der Waals surface area contributed by atoms with Crippen LogP contribution in [0, 0.1) is 11.8 Å². The quantitative estimate of drug-likeness (QED) is 0.0781. The second-order valence-corrected chi connectivity index (χ2v) is 17.8. The van der Waals surface area contributed by atoms with Gasteiger partial charge < -0.3 is 34.0 Å². The third-order valence-electron chi connectivity index (χ3n) is 12.5. The highest BCUT2D eigenvalue weighted by atomic mass is 19.4. The van der Waals surface area contributed by atoms with Gasteiger partial charge in [0.15, 0.2) is 0 Å².